The zero-order valence-electron chi connectivity index (χ0n) is 12.7. The van der Waals surface area contributed by atoms with Crippen LogP contribution in [0.5, 0.6) is 0 Å². The molecule has 4 rings (SSSR count). The first-order chi connectivity index (χ1) is 11.3. The Morgan fingerprint density at radius 2 is 1.96 bits per heavy atom. The van der Waals surface area contributed by atoms with Gasteiger partial charge < -0.3 is 14.6 Å². The van der Waals surface area contributed by atoms with E-state index in [1.807, 2.05) is 48.5 Å². The van der Waals surface area contributed by atoms with Gasteiger partial charge in [0, 0.05) is 13.1 Å². The molecule has 1 aliphatic heterocycles. The molecular weight excluding hydrogens is 290 g/mol. The fraction of sp³-hybridized carbons (Fsp3) is 0.222. The lowest BCUT2D eigenvalue weighted by atomic mass is 10.2. The van der Waals surface area contributed by atoms with E-state index in [-0.39, 0.29) is 5.91 Å². The highest BCUT2D eigenvalue weighted by atomic mass is 16.5. The topological polar surface area (TPSA) is 56.2 Å². The van der Waals surface area contributed by atoms with E-state index in [1.165, 1.54) is 0 Å². The normalized spacial score (nSPS) is 13.8. The van der Waals surface area contributed by atoms with Crippen molar-refractivity contribution in [2.24, 2.45) is 0 Å². The third-order valence-corrected chi connectivity index (χ3v) is 4.05. The van der Waals surface area contributed by atoms with Gasteiger partial charge in [-0.1, -0.05) is 36.4 Å². The Morgan fingerprint density at radius 3 is 2.83 bits per heavy atom. The van der Waals surface area contributed by atoms with Gasteiger partial charge >= 0.3 is 0 Å². The van der Waals surface area contributed by atoms with Gasteiger partial charge in [0.1, 0.15) is 12.4 Å². The van der Waals surface area contributed by atoms with E-state index in [0.29, 0.717) is 31.9 Å². The molecule has 0 saturated heterocycles. The zero-order valence-corrected chi connectivity index (χ0v) is 12.7. The van der Waals surface area contributed by atoms with Gasteiger partial charge in [0.15, 0.2) is 0 Å². The monoisotopic (exact) mass is 307 g/mol. The molecule has 0 aliphatic carbocycles. The van der Waals surface area contributed by atoms with Gasteiger partial charge in [0.25, 0.3) is 5.91 Å². The first-order valence-corrected chi connectivity index (χ1v) is 7.71. The quantitative estimate of drug-likeness (QED) is 0.805. The van der Waals surface area contributed by atoms with Gasteiger partial charge in [-0.3, -0.25) is 4.79 Å². The third-order valence-electron chi connectivity index (χ3n) is 4.05. The average Bonchev–Trinajstić information content (AvgIpc) is 2.83. The second-order valence-electron chi connectivity index (χ2n) is 5.59. The summed E-state index contributed by atoms with van der Waals surface area (Å²) >= 11 is 0. The molecule has 0 radical (unpaired) electrons. The number of imidazole rings is 1. The molecule has 0 unspecified atom stereocenters. The lowest BCUT2D eigenvalue weighted by Gasteiger charge is -2.08. The number of carbonyl (C=O) groups is 1. The molecule has 23 heavy (non-hydrogen) atoms. The lowest BCUT2D eigenvalue weighted by molar-refractivity contribution is 0.0955. The van der Waals surface area contributed by atoms with E-state index >= 15 is 0 Å². The summed E-state index contributed by atoms with van der Waals surface area (Å²) < 4.78 is 7.91. The number of nitrogens with one attached hydrogen (secondary N) is 1. The Balaban J connectivity index is 1.61. The van der Waals surface area contributed by atoms with E-state index in [4.69, 9.17) is 4.74 Å². The Labute approximate surface area is 133 Å². The largest absolute Gasteiger partial charge is 0.369 e. The highest BCUT2D eigenvalue weighted by Crippen LogP contribution is 2.23. The molecule has 5 nitrogen and oxygen atoms in total. The summed E-state index contributed by atoms with van der Waals surface area (Å²) in [6, 6.07) is 15.7. The molecule has 1 aliphatic rings. The highest BCUT2D eigenvalue weighted by Gasteiger charge is 2.20. The van der Waals surface area contributed by atoms with E-state index in [2.05, 4.69) is 14.9 Å². The zero-order chi connectivity index (χ0) is 15.6. The molecule has 0 bridgehead atoms. The summed E-state index contributed by atoms with van der Waals surface area (Å²) in [5.74, 6) is 0.825. The van der Waals surface area contributed by atoms with Gasteiger partial charge in [-0.15, -0.1) is 0 Å². The Bertz CT molecular complexity index is 855. The van der Waals surface area contributed by atoms with Crippen LogP contribution in [0.1, 0.15) is 21.7 Å². The maximum Gasteiger partial charge on any atom is 0.253 e. The maximum atomic E-state index is 12.1. The average molecular weight is 307 g/mol. The van der Waals surface area contributed by atoms with Crippen LogP contribution in [-0.2, 0) is 24.5 Å². The molecule has 116 valence electrons. The smallest absolute Gasteiger partial charge is 0.253 e. The minimum atomic E-state index is -0.0361. The van der Waals surface area contributed by atoms with Gasteiger partial charge in [-0.2, -0.15) is 0 Å². The van der Waals surface area contributed by atoms with Gasteiger partial charge in [0.2, 0.25) is 0 Å². The molecule has 2 heterocycles. The van der Waals surface area contributed by atoms with Crippen LogP contribution in [0.15, 0.2) is 48.5 Å². The number of ether oxygens (including phenoxy) is 1. The molecule has 5 heteroatoms. The van der Waals surface area contributed by atoms with Crippen molar-refractivity contribution in [3.63, 3.8) is 0 Å². The molecule has 3 aromatic rings. The van der Waals surface area contributed by atoms with E-state index in [9.17, 15) is 4.79 Å². The van der Waals surface area contributed by atoms with Crippen molar-refractivity contribution >= 4 is 16.9 Å². The standard InChI is InChI=1S/C18H17N3O2/c22-18-14-7-4-8-15-17(14)21(10-9-19-18)16(20-15)12-23-11-13-5-2-1-3-6-13/h1-8H,9-12H2,(H,19,22). The Hall–Kier alpha value is -2.66. The van der Waals surface area contributed by atoms with E-state index < -0.39 is 0 Å². The first-order valence-electron chi connectivity index (χ1n) is 7.71. The molecule has 2 aromatic carbocycles. The minimum absolute atomic E-state index is 0.0361. The summed E-state index contributed by atoms with van der Waals surface area (Å²) in [5, 5.41) is 2.92. The van der Waals surface area contributed by atoms with E-state index in [0.717, 1.165) is 22.4 Å². The van der Waals surface area contributed by atoms with Crippen molar-refractivity contribution in [1.29, 1.82) is 0 Å². The Morgan fingerprint density at radius 1 is 1.09 bits per heavy atom. The molecule has 1 amide bonds. The summed E-state index contributed by atoms with van der Waals surface area (Å²) in [7, 11) is 0. The number of rotatable bonds is 4. The van der Waals surface area contributed by atoms with Gasteiger partial charge in [0.05, 0.1) is 23.2 Å². The highest BCUT2D eigenvalue weighted by molar-refractivity contribution is 6.05. The number of nitrogens with zero attached hydrogens (tertiary/aromatic N) is 2. The number of aromatic nitrogens is 2. The first kappa shape index (κ1) is 14.0. The van der Waals surface area contributed by atoms with Gasteiger partial charge in [-0.25, -0.2) is 4.98 Å². The van der Waals surface area contributed by atoms with Crippen LogP contribution in [0.2, 0.25) is 0 Å². The number of hydrogen-bond acceptors (Lipinski definition) is 3. The molecule has 1 N–H and O–H groups in total. The molecule has 0 saturated carbocycles. The fourth-order valence-electron chi connectivity index (χ4n) is 2.98. The molecular formula is C18H17N3O2. The second-order valence-corrected chi connectivity index (χ2v) is 5.59. The Kier molecular flexibility index (Phi) is 3.55. The van der Waals surface area contributed by atoms with E-state index in [1.54, 1.807) is 0 Å². The van der Waals surface area contributed by atoms with Crippen molar-refractivity contribution in [1.82, 2.24) is 14.9 Å². The van der Waals surface area contributed by atoms with Crippen molar-refractivity contribution in [3.8, 4) is 0 Å². The number of hydrogen-bond donors (Lipinski definition) is 1. The number of carbonyl (C=O) groups excluding carboxylic acids is 1. The predicted molar refractivity (Wildman–Crippen MR) is 87.0 cm³/mol. The van der Waals surface area contributed by atoms with Crippen LogP contribution in [-0.4, -0.2) is 22.0 Å². The lowest BCUT2D eigenvalue weighted by Crippen LogP contribution is -2.24. The summed E-state index contributed by atoms with van der Waals surface area (Å²) in [6.45, 7) is 2.29. The van der Waals surface area contributed by atoms with Crippen LogP contribution < -0.4 is 5.32 Å². The van der Waals surface area contributed by atoms with Crippen LogP contribution in [0.3, 0.4) is 0 Å². The van der Waals surface area contributed by atoms with Crippen molar-refractivity contribution in [2.45, 2.75) is 19.8 Å². The SMILES string of the molecule is O=C1NCCn2c(COCc3ccccc3)nc3cccc1c32. The molecule has 0 atom stereocenters. The summed E-state index contributed by atoms with van der Waals surface area (Å²) in [6.07, 6.45) is 0. The van der Waals surface area contributed by atoms with Crippen molar-refractivity contribution in [3.05, 3.63) is 65.5 Å². The van der Waals surface area contributed by atoms with Crippen LogP contribution in [0.25, 0.3) is 11.0 Å². The number of para-hydroxylation sites is 1. The number of amides is 1. The second kappa shape index (κ2) is 5.85. The summed E-state index contributed by atoms with van der Waals surface area (Å²) in [5.41, 5.74) is 3.57. The molecule has 1 aromatic heterocycles. The predicted octanol–water partition coefficient (Wildman–Crippen LogP) is 2.50. The summed E-state index contributed by atoms with van der Waals surface area (Å²) in [4.78, 5) is 16.8. The van der Waals surface area contributed by atoms with Crippen LogP contribution in [0.4, 0.5) is 0 Å². The minimum Gasteiger partial charge on any atom is -0.369 e. The van der Waals surface area contributed by atoms with Crippen LogP contribution >= 0.6 is 0 Å². The van der Waals surface area contributed by atoms with Crippen LogP contribution in [0, 0.1) is 0 Å². The van der Waals surface area contributed by atoms with Crippen molar-refractivity contribution < 1.29 is 9.53 Å². The number of benzene rings is 2. The van der Waals surface area contributed by atoms with Crippen molar-refractivity contribution in [2.75, 3.05) is 6.54 Å². The molecule has 0 fully saturated rings. The van der Waals surface area contributed by atoms with Gasteiger partial charge in [-0.05, 0) is 17.7 Å². The third kappa shape index (κ3) is 2.59. The maximum absolute atomic E-state index is 12.1. The molecule has 0 spiro atoms. The fourth-order valence-corrected chi connectivity index (χ4v) is 2.98.